The van der Waals surface area contributed by atoms with Gasteiger partial charge in [-0.15, -0.1) is 0 Å². The third kappa shape index (κ3) is 3.38. The molecule has 1 aromatic heterocycles. The van der Waals surface area contributed by atoms with Crippen molar-refractivity contribution in [2.45, 2.75) is 13.3 Å². The van der Waals surface area contributed by atoms with Crippen LogP contribution < -0.4 is 4.90 Å². The first kappa shape index (κ1) is 18.2. The molecule has 1 aliphatic heterocycles. The topological polar surface area (TPSA) is 41.4 Å². The van der Waals surface area contributed by atoms with Crippen LogP contribution in [-0.2, 0) is 6.42 Å². The van der Waals surface area contributed by atoms with Crippen LogP contribution in [0.25, 0.3) is 5.69 Å². The highest BCUT2D eigenvalue weighted by Gasteiger charge is 2.26. The highest BCUT2D eigenvalue weighted by molar-refractivity contribution is 5.95. The van der Waals surface area contributed by atoms with Crippen LogP contribution >= 0.6 is 0 Å². The lowest BCUT2D eigenvalue weighted by atomic mass is 10.1. The quantitative estimate of drug-likeness (QED) is 0.697. The Morgan fingerprint density at radius 3 is 2.36 bits per heavy atom. The van der Waals surface area contributed by atoms with Crippen LogP contribution in [0.1, 0.15) is 23.0 Å². The smallest absolute Gasteiger partial charge is 0.257 e. The molecular formula is C22H23FN4O. The molecule has 2 heterocycles. The van der Waals surface area contributed by atoms with Gasteiger partial charge in [-0.2, -0.15) is 5.10 Å². The highest BCUT2D eigenvalue weighted by Crippen LogP contribution is 2.22. The maximum atomic E-state index is 14.0. The van der Waals surface area contributed by atoms with Gasteiger partial charge in [0.2, 0.25) is 0 Å². The summed E-state index contributed by atoms with van der Waals surface area (Å²) in [6, 6.07) is 16.6. The second-order valence-electron chi connectivity index (χ2n) is 6.84. The minimum atomic E-state index is -0.223. The summed E-state index contributed by atoms with van der Waals surface area (Å²) in [4.78, 5) is 16.9. The van der Waals surface area contributed by atoms with Crippen molar-refractivity contribution in [1.82, 2.24) is 14.7 Å². The number of hydrogen-bond acceptors (Lipinski definition) is 3. The van der Waals surface area contributed by atoms with Gasteiger partial charge in [0, 0.05) is 26.2 Å². The van der Waals surface area contributed by atoms with E-state index in [1.54, 1.807) is 18.3 Å². The van der Waals surface area contributed by atoms with Gasteiger partial charge in [-0.05, 0) is 30.7 Å². The third-order valence-corrected chi connectivity index (χ3v) is 5.19. The lowest BCUT2D eigenvalue weighted by Gasteiger charge is -2.36. The molecule has 1 amide bonds. The number of rotatable bonds is 4. The summed E-state index contributed by atoms with van der Waals surface area (Å²) < 4.78 is 15.9. The van der Waals surface area contributed by atoms with E-state index in [-0.39, 0.29) is 11.7 Å². The zero-order valence-electron chi connectivity index (χ0n) is 15.9. The fraction of sp³-hybridized carbons (Fsp3) is 0.273. The van der Waals surface area contributed by atoms with Gasteiger partial charge >= 0.3 is 0 Å². The van der Waals surface area contributed by atoms with Gasteiger partial charge in [-0.1, -0.05) is 37.3 Å². The molecule has 6 heteroatoms. The van der Waals surface area contributed by atoms with E-state index in [2.05, 4.69) is 5.10 Å². The Hall–Kier alpha value is -3.15. The Morgan fingerprint density at radius 1 is 1.00 bits per heavy atom. The van der Waals surface area contributed by atoms with Crippen molar-refractivity contribution in [3.63, 3.8) is 0 Å². The number of benzene rings is 2. The van der Waals surface area contributed by atoms with Crippen molar-refractivity contribution in [3.05, 3.63) is 77.9 Å². The molecule has 0 radical (unpaired) electrons. The van der Waals surface area contributed by atoms with Gasteiger partial charge in [0.25, 0.3) is 5.91 Å². The van der Waals surface area contributed by atoms with E-state index >= 15 is 0 Å². The number of piperazine rings is 1. The lowest BCUT2D eigenvalue weighted by Crippen LogP contribution is -2.49. The van der Waals surface area contributed by atoms with Crippen molar-refractivity contribution in [2.75, 3.05) is 31.1 Å². The molecule has 1 aliphatic rings. The predicted molar refractivity (Wildman–Crippen MR) is 107 cm³/mol. The normalized spacial score (nSPS) is 14.4. The van der Waals surface area contributed by atoms with Crippen LogP contribution in [0.2, 0.25) is 0 Å². The van der Waals surface area contributed by atoms with E-state index in [9.17, 15) is 9.18 Å². The van der Waals surface area contributed by atoms with Crippen molar-refractivity contribution in [2.24, 2.45) is 0 Å². The number of nitrogens with zero attached hydrogens (tertiary/aromatic N) is 4. The maximum absolute atomic E-state index is 14.0. The molecule has 0 unspecified atom stereocenters. The second-order valence-corrected chi connectivity index (χ2v) is 6.84. The zero-order valence-corrected chi connectivity index (χ0v) is 15.9. The Balaban J connectivity index is 1.50. The fourth-order valence-corrected chi connectivity index (χ4v) is 3.71. The van der Waals surface area contributed by atoms with Gasteiger partial charge in [0.15, 0.2) is 0 Å². The van der Waals surface area contributed by atoms with Crippen LogP contribution in [-0.4, -0.2) is 46.8 Å². The van der Waals surface area contributed by atoms with Gasteiger partial charge in [0.1, 0.15) is 5.82 Å². The molecule has 28 heavy (non-hydrogen) atoms. The Kier molecular flexibility index (Phi) is 5.10. The van der Waals surface area contributed by atoms with Gasteiger partial charge in [-0.25, -0.2) is 9.07 Å². The molecule has 1 saturated heterocycles. The Labute approximate surface area is 164 Å². The summed E-state index contributed by atoms with van der Waals surface area (Å²) in [5, 5.41) is 4.46. The lowest BCUT2D eigenvalue weighted by molar-refractivity contribution is 0.0745. The average Bonchev–Trinajstić information content (AvgIpc) is 3.18. The molecule has 4 rings (SSSR count). The average molecular weight is 378 g/mol. The van der Waals surface area contributed by atoms with Crippen LogP contribution in [0.4, 0.5) is 10.1 Å². The molecule has 0 bridgehead atoms. The molecule has 0 aliphatic carbocycles. The first-order valence-corrected chi connectivity index (χ1v) is 9.60. The SMILES string of the molecule is CCc1c(C(=O)N2CCN(c3ccccc3F)CC2)cnn1-c1ccccc1. The van der Waals surface area contributed by atoms with Crippen molar-refractivity contribution in [3.8, 4) is 5.69 Å². The summed E-state index contributed by atoms with van der Waals surface area (Å²) in [5.74, 6) is -0.230. The molecule has 3 aromatic rings. The van der Waals surface area contributed by atoms with Crippen molar-refractivity contribution in [1.29, 1.82) is 0 Å². The summed E-state index contributed by atoms with van der Waals surface area (Å²) in [6.07, 6.45) is 2.38. The number of carbonyl (C=O) groups excluding carboxylic acids is 1. The Morgan fingerprint density at radius 2 is 1.68 bits per heavy atom. The molecular weight excluding hydrogens is 355 g/mol. The largest absolute Gasteiger partial charge is 0.366 e. The van der Waals surface area contributed by atoms with E-state index in [0.29, 0.717) is 43.9 Å². The van der Waals surface area contributed by atoms with Gasteiger partial charge in [-0.3, -0.25) is 4.79 Å². The predicted octanol–water partition coefficient (Wildman–Crippen LogP) is 3.54. The van der Waals surface area contributed by atoms with Crippen LogP contribution in [0.3, 0.4) is 0 Å². The van der Waals surface area contributed by atoms with Gasteiger partial charge in [0.05, 0.1) is 28.8 Å². The number of hydrogen-bond donors (Lipinski definition) is 0. The highest BCUT2D eigenvalue weighted by atomic mass is 19.1. The second kappa shape index (κ2) is 7.84. The van der Waals surface area contributed by atoms with Crippen LogP contribution in [0.5, 0.6) is 0 Å². The minimum Gasteiger partial charge on any atom is -0.366 e. The fourth-order valence-electron chi connectivity index (χ4n) is 3.71. The molecule has 0 N–H and O–H groups in total. The molecule has 0 atom stereocenters. The van der Waals surface area contributed by atoms with E-state index < -0.39 is 0 Å². The third-order valence-electron chi connectivity index (χ3n) is 5.19. The number of amides is 1. The number of para-hydroxylation sites is 2. The summed E-state index contributed by atoms with van der Waals surface area (Å²) in [6.45, 7) is 4.38. The molecule has 1 fully saturated rings. The molecule has 2 aromatic carbocycles. The number of carbonyl (C=O) groups is 1. The van der Waals surface area contributed by atoms with E-state index in [1.165, 1.54) is 6.07 Å². The summed E-state index contributed by atoms with van der Waals surface area (Å²) >= 11 is 0. The first-order valence-electron chi connectivity index (χ1n) is 9.60. The van der Waals surface area contributed by atoms with E-state index in [0.717, 1.165) is 11.4 Å². The molecule has 0 spiro atoms. The zero-order chi connectivity index (χ0) is 19.5. The minimum absolute atomic E-state index is 0.00721. The number of aromatic nitrogens is 2. The van der Waals surface area contributed by atoms with Crippen LogP contribution in [0, 0.1) is 5.82 Å². The molecule has 144 valence electrons. The van der Waals surface area contributed by atoms with Gasteiger partial charge < -0.3 is 9.80 Å². The monoisotopic (exact) mass is 378 g/mol. The number of anilines is 1. The molecule has 5 nitrogen and oxygen atoms in total. The van der Waals surface area contributed by atoms with Crippen molar-refractivity contribution < 1.29 is 9.18 Å². The first-order chi connectivity index (χ1) is 13.7. The molecule has 0 saturated carbocycles. The number of halogens is 1. The maximum Gasteiger partial charge on any atom is 0.257 e. The van der Waals surface area contributed by atoms with Crippen molar-refractivity contribution >= 4 is 11.6 Å². The summed E-state index contributed by atoms with van der Waals surface area (Å²) in [5.41, 5.74) is 3.10. The van der Waals surface area contributed by atoms with E-state index in [1.807, 2.05) is 57.8 Å². The van der Waals surface area contributed by atoms with Crippen LogP contribution in [0.15, 0.2) is 60.8 Å². The standard InChI is InChI=1S/C22H23FN4O/c1-2-20-18(16-24-27(20)17-8-4-3-5-9-17)22(28)26-14-12-25(13-15-26)21-11-7-6-10-19(21)23/h3-11,16H,2,12-15H2,1H3. The summed E-state index contributed by atoms with van der Waals surface area (Å²) in [7, 11) is 0. The Bertz CT molecular complexity index is 962. The van der Waals surface area contributed by atoms with E-state index in [4.69, 9.17) is 0 Å².